The fourth-order valence-corrected chi connectivity index (χ4v) is 2.80. The van der Waals surface area contributed by atoms with Gasteiger partial charge < -0.3 is 9.72 Å². The second-order valence-corrected chi connectivity index (χ2v) is 5.94. The molecule has 0 aliphatic rings. The monoisotopic (exact) mass is 294 g/mol. The van der Waals surface area contributed by atoms with Gasteiger partial charge in [-0.3, -0.25) is 4.57 Å². The first-order valence-corrected chi connectivity index (χ1v) is 7.44. The average molecular weight is 294 g/mol. The highest BCUT2D eigenvalue weighted by Gasteiger charge is 2.15. The quantitative estimate of drug-likeness (QED) is 0.821. The Morgan fingerprint density at radius 1 is 1.30 bits per heavy atom. The molecule has 1 atom stereocenters. The number of methoxy groups -OCH3 is 1. The van der Waals surface area contributed by atoms with Gasteiger partial charge in [0.15, 0.2) is 10.4 Å². The van der Waals surface area contributed by atoms with Gasteiger partial charge in [0, 0.05) is 6.04 Å². The van der Waals surface area contributed by atoms with Crippen molar-refractivity contribution in [3.63, 3.8) is 0 Å². The van der Waals surface area contributed by atoms with Gasteiger partial charge in [0.2, 0.25) is 5.88 Å². The molecule has 0 radical (unpaired) electrons. The number of H-pyrrole nitrogens is 1. The first kappa shape index (κ1) is 15.0. The van der Waals surface area contributed by atoms with Crippen LogP contribution in [-0.4, -0.2) is 26.6 Å². The van der Waals surface area contributed by atoms with E-state index in [0.717, 1.165) is 23.5 Å². The van der Waals surface area contributed by atoms with Crippen molar-refractivity contribution in [3.8, 4) is 5.88 Å². The van der Waals surface area contributed by atoms with Crippen LogP contribution in [0, 0.1) is 10.7 Å². The van der Waals surface area contributed by atoms with Crippen molar-refractivity contribution in [1.29, 1.82) is 0 Å². The minimum absolute atomic E-state index is 0.314. The van der Waals surface area contributed by atoms with Gasteiger partial charge in [-0.15, -0.1) is 0 Å². The molecule has 0 fully saturated rings. The maximum atomic E-state index is 5.42. The van der Waals surface area contributed by atoms with E-state index in [0.29, 0.717) is 16.7 Å². The van der Waals surface area contributed by atoms with Gasteiger partial charge in [0.05, 0.1) is 7.11 Å². The number of nitrogens with zero attached hydrogens (tertiary/aromatic N) is 3. The Hall–Kier alpha value is -1.43. The van der Waals surface area contributed by atoms with Crippen LogP contribution in [0.5, 0.6) is 5.88 Å². The normalized spacial score (nSPS) is 13.1. The minimum atomic E-state index is 0.314. The number of nitrogens with one attached hydrogen (secondary N) is 1. The molecule has 20 heavy (non-hydrogen) atoms. The van der Waals surface area contributed by atoms with E-state index in [1.54, 1.807) is 7.11 Å². The van der Waals surface area contributed by atoms with Crippen molar-refractivity contribution in [2.45, 2.75) is 46.1 Å². The van der Waals surface area contributed by atoms with E-state index in [4.69, 9.17) is 17.0 Å². The van der Waals surface area contributed by atoms with Crippen LogP contribution in [-0.2, 0) is 0 Å². The maximum Gasteiger partial charge on any atom is 0.242 e. The van der Waals surface area contributed by atoms with Crippen LogP contribution in [0.25, 0.3) is 11.2 Å². The van der Waals surface area contributed by atoms with Crippen LogP contribution in [0.3, 0.4) is 0 Å². The third-order valence-electron chi connectivity index (χ3n) is 3.51. The van der Waals surface area contributed by atoms with Crippen molar-refractivity contribution in [1.82, 2.24) is 19.5 Å². The van der Waals surface area contributed by atoms with E-state index in [1.807, 2.05) is 0 Å². The number of rotatable bonds is 6. The number of fused-ring (bicyclic) bond motifs is 1. The number of aromatic nitrogens is 4. The lowest BCUT2D eigenvalue weighted by Gasteiger charge is -2.14. The van der Waals surface area contributed by atoms with E-state index in [9.17, 15) is 0 Å². The van der Waals surface area contributed by atoms with E-state index in [-0.39, 0.29) is 0 Å². The van der Waals surface area contributed by atoms with Gasteiger partial charge in [-0.1, -0.05) is 26.7 Å². The van der Waals surface area contributed by atoms with Crippen molar-refractivity contribution < 1.29 is 4.74 Å². The lowest BCUT2D eigenvalue weighted by atomic mass is 10.0. The molecule has 1 N–H and O–H groups in total. The number of aromatic amines is 1. The van der Waals surface area contributed by atoms with E-state index < -0.39 is 0 Å². The summed E-state index contributed by atoms with van der Waals surface area (Å²) in [5.74, 6) is 1.27. The molecule has 0 bridgehead atoms. The molecule has 0 saturated heterocycles. The van der Waals surface area contributed by atoms with Gasteiger partial charge in [-0.05, 0) is 31.5 Å². The van der Waals surface area contributed by atoms with Crippen molar-refractivity contribution in [3.05, 3.63) is 11.1 Å². The van der Waals surface area contributed by atoms with E-state index in [1.165, 1.54) is 19.2 Å². The van der Waals surface area contributed by atoms with E-state index >= 15 is 0 Å². The molecule has 0 aliphatic carbocycles. The summed E-state index contributed by atoms with van der Waals surface area (Å²) < 4.78 is 7.99. The molecule has 2 aromatic heterocycles. The molecule has 0 saturated carbocycles. The molecule has 5 nitrogen and oxygen atoms in total. The average Bonchev–Trinajstić information content (AvgIpc) is 2.73. The van der Waals surface area contributed by atoms with E-state index in [2.05, 4.69) is 40.3 Å². The summed E-state index contributed by atoms with van der Waals surface area (Å²) >= 11 is 5.42. The smallest absolute Gasteiger partial charge is 0.242 e. The third kappa shape index (κ3) is 3.00. The lowest BCUT2D eigenvalue weighted by Crippen LogP contribution is -2.07. The topological polar surface area (TPSA) is 55.7 Å². The molecule has 2 heterocycles. The summed E-state index contributed by atoms with van der Waals surface area (Å²) in [6.07, 6.45) is 5.03. The number of hydrogen-bond donors (Lipinski definition) is 1. The van der Waals surface area contributed by atoms with Gasteiger partial charge in [0.25, 0.3) is 0 Å². The Bertz CT molecular complexity index is 632. The summed E-state index contributed by atoms with van der Waals surface area (Å²) in [5.41, 5.74) is 1.59. The zero-order valence-electron chi connectivity index (χ0n) is 12.5. The number of hydrogen-bond acceptors (Lipinski definition) is 4. The van der Waals surface area contributed by atoms with Crippen LogP contribution >= 0.6 is 12.2 Å². The van der Waals surface area contributed by atoms with Gasteiger partial charge in [-0.2, -0.15) is 4.98 Å². The molecule has 1 unspecified atom stereocenters. The molecular formula is C14H22N4OS. The zero-order valence-corrected chi connectivity index (χ0v) is 13.3. The van der Waals surface area contributed by atoms with Crippen LogP contribution in [0.2, 0.25) is 0 Å². The standard InChI is InChI=1S/C14H22N4OS/c1-9(2)6-5-7-10(3)18-12-11(17-14(18)20)13(19-4)16-8-15-12/h8-10H,5-7H2,1-4H3,(H,17,20). The lowest BCUT2D eigenvalue weighted by molar-refractivity contribution is 0.401. The summed E-state index contributed by atoms with van der Waals surface area (Å²) in [6.45, 7) is 6.68. The molecule has 2 aromatic rings. The number of imidazole rings is 1. The Labute approximate surface area is 124 Å². The molecule has 6 heteroatoms. The second-order valence-electron chi connectivity index (χ2n) is 5.56. The largest absolute Gasteiger partial charge is 0.479 e. The molecule has 110 valence electrons. The van der Waals surface area contributed by atoms with Crippen LogP contribution in [0.15, 0.2) is 6.33 Å². The van der Waals surface area contributed by atoms with Gasteiger partial charge in [-0.25, -0.2) is 4.98 Å². The zero-order chi connectivity index (χ0) is 14.7. The Kier molecular flexibility index (Phi) is 4.75. The van der Waals surface area contributed by atoms with Crippen molar-refractivity contribution >= 4 is 23.4 Å². The number of ether oxygens (including phenoxy) is 1. The summed E-state index contributed by atoms with van der Waals surface area (Å²) in [7, 11) is 1.60. The summed E-state index contributed by atoms with van der Waals surface area (Å²) in [6, 6.07) is 0.314. The fourth-order valence-electron chi connectivity index (χ4n) is 2.43. The Morgan fingerprint density at radius 2 is 2.05 bits per heavy atom. The third-order valence-corrected chi connectivity index (χ3v) is 3.81. The first-order valence-electron chi connectivity index (χ1n) is 7.03. The highest BCUT2D eigenvalue weighted by Crippen LogP contribution is 2.25. The van der Waals surface area contributed by atoms with Crippen molar-refractivity contribution in [2.75, 3.05) is 7.11 Å². The van der Waals surface area contributed by atoms with Crippen LogP contribution in [0.1, 0.15) is 46.1 Å². The highest BCUT2D eigenvalue weighted by molar-refractivity contribution is 7.71. The minimum Gasteiger partial charge on any atom is -0.479 e. The Morgan fingerprint density at radius 3 is 2.70 bits per heavy atom. The molecule has 0 amide bonds. The second kappa shape index (κ2) is 6.35. The molecule has 2 rings (SSSR count). The molecule has 0 aliphatic heterocycles. The van der Waals surface area contributed by atoms with Crippen LogP contribution < -0.4 is 4.74 Å². The van der Waals surface area contributed by atoms with Crippen LogP contribution in [0.4, 0.5) is 0 Å². The SMILES string of the molecule is COc1ncnc2c1[nH]c(=S)n2C(C)CCCC(C)C. The molecule has 0 aromatic carbocycles. The predicted molar refractivity (Wildman–Crippen MR) is 82.7 cm³/mol. The molecule has 0 spiro atoms. The maximum absolute atomic E-state index is 5.42. The van der Waals surface area contributed by atoms with Gasteiger partial charge >= 0.3 is 0 Å². The van der Waals surface area contributed by atoms with Crippen molar-refractivity contribution in [2.24, 2.45) is 5.92 Å². The predicted octanol–water partition coefficient (Wildman–Crippen LogP) is 3.88. The Balaban J connectivity index is 2.29. The summed E-state index contributed by atoms with van der Waals surface area (Å²) in [5, 5.41) is 0. The molecular weight excluding hydrogens is 272 g/mol. The fraction of sp³-hybridized carbons (Fsp3) is 0.643. The highest BCUT2D eigenvalue weighted by atomic mass is 32.1. The summed E-state index contributed by atoms with van der Waals surface area (Å²) in [4.78, 5) is 11.6. The first-order chi connectivity index (χ1) is 9.54. The van der Waals surface area contributed by atoms with Gasteiger partial charge in [0.1, 0.15) is 11.8 Å².